The molecular formula is C16H36ClO3PSn. The zero-order valence-electron chi connectivity index (χ0n) is 15.0. The van der Waals surface area contributed by atoms with Crippen LogP contribution in [0.15, 0.2) is 0 Å². The minimum absolute atomic E-state index is 0.540. The van der Waals surface area contributed by atoms with E-state index in [1.165, 1.54) is 34.6 Å². The molecule has 134 valence electrons. The van der Waals surface area contributed by atoms with E-state index in [1.54, 1.807) is 0 Å². The van der Waals surface area contributed by atoms with Gasteiger partial charge >= 0.3 is 76.0 Å². The third kappa shape index (κ3) is 23.7. The summed E-state index contributed by atoms with van der Waals surface area (Å²) in [7, 11) is 4.38. The van der Waals surface area contributed by atoms with E-state index in [0.29, 0.717) is 13.2 Å². The molecule has 0 heterocycles. The molecule has 6 heteroatoms. The minimum atomic E-state index is -1.85. The van der Waals surface area contributed by atoms with Crippen molar-refractivity contribution in [3.63, 3.8) is 0 Å². The first-order valence-electron chi connectivity index (χ1n) is 8.85. The number of halogens is 1. The standard InChI is InChI=1S/C8H18O3P.2C4H9.ClH.Sn/c1-3-5-7-10-12(9)11-8-6-4-2;2*1-3-4-2;;/h3-8H2,1-2H3;2*1,3-4H2,2H3;1H;/q-1;;;;+2/p-1. The average Bonchev–Trinajstić information content (AvgIpc) is 2.52. The van der Waals surface area contributed by atoms with Crippen molar-refractivity contribution in [2.24, 2.45) is 0 Å². The monoisotopic (exact) mass is 462 g/mol. The first-order valence-corrected chi connectivity index (χ1v) is 17.6. The van der Waals surface area contributed by atoms with Gasteiger partial charge < -0.3 is 13.9 Å². The van der Waals surface area contributed by atoms with E-state index >= 15 is 0 Å². The topological polar surface area (TPSA) is 41.5 Å². The Hall–Kier alpha value is 1.40. The fourth-order valence-electron chi connectivity index (χ4n) is 1.47. The van der Waals surface area contributed by atoms with Crippen molar-refractivity contribution in [2.75, 3.05) is 13.2 Å². The van der Waals surface area contributed by atoms with Crippen LogP contribution in [0.1, 0.15) is 79.1 Å². The zero-order chi connectivity index (χ0) is 17.1. The molecule has 0 aliphatic rings. The van der Waals surface area contributed by atoms with E-state index in [1.807, 2.05) is 0 Å². The van der Waals surface area contributed by atoms with Crippen LogP contribution in [0.4, 0.5) is 0 Å². The Morgan fingerprint density at radius 1 is 0.773 bits per heavy atom. The van der Waals surface area contributed by atoms with Crippen LogP contribution in [0.2, 0.25) is 8.87 Å². The third-order valence-electron chi connectivity index (χ3n) is 2.99. The van der Waals surface area contributed by atoms with E-state index in [2.05, 4.69) is 27.7 Å². The summed E-state index contributed by atoms with van der Waals surface area (Å²) in [5, 5.41) is 0. The van der Waals surface area contributed by atoms with Gasteiger partial charge in [0, 0.05) is 0 Å². The fraction of sp³-hybridized carbons (Fsp3) is 1.00. The van der Waals surface area contributed by atoms with Crippen molar-refractivity contribution in [1.29, 1.82) is 0 Å². The maximum atomic E-state index is 10.9. The van der Waals surface area contributed by atoms with Gasteiger partial charge in [0.25, 0.3) is 0 Å². The zero-order valence-corrected chi connectivity index (χ0v) is 19.5. The molecule has 0 aliphatic heterocycles. The molecule has 0 atom stereocenters. The van der Waals surface area contributed by atoms with Gasteiger partial charge in [-0.05, 0) is 12.8 Å². The van der Waals surface area contributed by atoms with E-state index < -0.39 is 27.2 Å². The van der Waals surface area contributed by atoms with Crippen molar-refractivity contribution >= 4 is 36.2 Å². The van der Waals surface area contributed by atoms with Gasteiger partial charge in [0.05, 0.1) is 21.8 Å². The maximum absolute atomic E-state index is 10.9. The van der Waals surface area contributed by atoms with Gasteiger partial charge in [0.2, 0.25) is 0 Å². The molecule has 0 aliphatic carbocycles. The molecule has 0 radical (unpaired) electrons. The predicted octanol–water partition coefficient (Wildman–Crippen LogP) is 6.02. The summed E-state index contributed by atoms with van der Waals surface area (Å²) in [6.07, 6.45) is 9.39. The molecule has 0 rings (SSSR count). The molecule has 22 heavy (non-hydrogen) atoms. The summed E-state index contributed by atoms with van der Waals surface area (Å²) in [6, 6.07) is 0. The van der Waals surface area contributed by atoms with Crippen LogP contribution in [0.5, 0.6) is 0 Å². The summed E-state index contributed by atoms with van der Waals surface area (Å²) >= 11 is -1.27. The normalized spacial score (nSPS) is 10.5. The van der Waals surface area contributed by atoms with Gasteiger partial charge in [-0.3, -0.25) is 0 Å². The van der Waals surface area contributed by atoms with Crippen molar-refractivity contribution in [1.82, 2.24) is 0 Å². The first-order chi connectivity index (χ1) is 10.6. The second-order valence-corrected chi connectivity index (χ2v) is 15.7. The number of hydrogen-bond acceptors (Lipinski definition) is 3. The van der Waals surface area contributed by atoms with Crippen molar-refractivity contribution < 1.29 is 13.9 Å². The quantitative estimate of drug-likeness (QED) is 0.180. The Bertz CT molecular complexity index is 184. The summed E-state index contributed by atoms with van der Waals surface area (Å²) < 4.78 is 12.6. The van der Waals surface area contributed by atoms with Crippen molar-refractivity contribution in [3.8, 4) is 0 Å². The second-order valence-electron chi connectivity index (χ2n) is 5.32. The molecular weight excluding hydrogens is 425 g/mol. The Morgan fingerprint density at radius 3 is 1.45 bits per heavy atom. The van der Waals surface area contributed by atoms with Gasteiger partial charge in [-0.1, -0.05) is 26.7 Å². The molecule has 3 nitrogen and oxygen atoms in total. The molecule has 0 saturated carbocycles. The molecule has 0 aromatic rings. The Labute approximate surface area is 151 Å². The molecule has 0 unspecified atom stereocenters. The molecule has 0 aromatic heterocycles. The number of rotatable bonds is 14. The van der Waals surface area contributed by atoms with Crippen LogP contribution in [-0.2, 0) is 9.05 Å². The molecule has 0 aromatic carbocycles. The second kappa shape index (κ2) is 22.4. The van der Waals surface area contributed by atoms with Crippen LogP contribution >= 0.6 is 17.5 Å². The Kier molecular flexibility index (Phi) is 26.1. The number of hydrogen-bond donors (Lipinski definition) is 0. The molecule has 0 fully saturated rings. The Balaban J connectivity index is 0. The van der Waals surface area contributed by atoms with E-state index in [9.17, 15) is 4.89 Å². The molecule has 0 N–H and O–H groups in total. The van der Waals surface area contributed by atoms with Crippen LogP contribution < -0.4 is 4.89 Å². The fourth-order valence-corrected chi connectivity index (χ4v) is 8.81. The van der Waals surface area contributed by atoms with Gasteiger partial charge in [-0.15, -0.1) is 0 Å². The van der Waals surface area contributed by atoms with Crippen molar-refractivity contribution in [2.45, 2.75) is 87.9 Å². The van der Waals surface area contributed by atoms with Crippen LogP contribution in [-0.4, -0.2) is 31.8 Å². The van der Waals surface area contributed by atoms with Gasteiger partial charge in [0.15, 0.2) is 0 Å². The van der Waals surface area contributed by atoms with E-state index in [0.717, 1.165) is 25.7 Å². The van der Waals surface area contributed by atoms with Gasteiger partial charge in [0.1, 0.15) is 0 Å². The van der Waals surface area contributed by atoms with Gasteiger partial charge in [-0.2, -0.15) is 0 Å². The van der Waals surface area contributed by atoms with Crippen molar-refractivity contribution in [3.05, 3.63) is 0 Å². The third-order valence-corrected chi connectivity index (χ3v) is 11.4. The molecule has 0 amide bonds. The molecule has 0 saturated heterocycles. The number of unbranched alkanes of at least 4 members (excludes halogenated alkanes) is 4. The summed E-state index contributed by atoms with van der Waals surface area (Å²) in [4.78, 5) is 10.9. The van der Waals surface area contributed by atoms with E-state index in [-0.39, 0.29) is 0 Å². The molecule has 0 bridgehead atoms. The Morgan fingerprint density at radius 2 is 1.14 bits per heavy atom. The predicted molar refractivity (Wildman–Crippen MR) is 99.7 cm³/mol. The first kappa shape index (κ1) is 25.6. The summed E-state index contributed by atoms with van der Waals surface area (Å²) in [6.45, 7) is 9.69. The van der Waals surface area contributed by atoms with Gasteiger partial charge in [-0.25, -0.2) is 0 Å². The van der Waals surface area contributed by atoms with Crippen LogP contribution in [0, 0.1) is 0 Å². The summed E-state index contributed by atoms with van der Waals surface area (Å²) in [5.41, 5.74) is 0. The summed E-state index contributed by atoms with van der Waals surface area (Å²) in [5.74, 6) is 0. The van der Waals surface area contributed by atoms with Crippen LogP contribution in [0.3, 0.4) is 0 Å². The van der Waals surface area contributed by atoms with E-state index in [4.69, 9.17) is 18.0 Å². The molecule has 0 spiro atoms. The van der Waals surface area contributed by atoms with Crippen LogP contribution in [0.25, 0.3) is 0 Å². The SMILES string of the molecule is CCCCOP([O-])OCCCC.CCC[CH2][Sn+]([Cl])[CH2]CCC. The average molecular weight is 462 g/mol.